The molecule has 0 aliphatic heterocycles. The molecule has 0 atom stereocenters. The number of aliphatic hydroxyl groups is 1. The minimum atomic E-state index is 0.0985. The zero-order valence-electron chi connectivity index (χ0n) is 7.39. The number of carbonyl (C=O) groups is 1. The van der Waals surface area contributed by atoms with Gasteiger partial charge in [0.25, 0.3) is 0 Å². The third-order valence-electron chi connectivity index (χ3n) is 1.07. The molecule has 13 heavy (non-hydrogen) atoms. The summed E-state index contributed by atoms with van der Waals surface area (Å²) in [7, 11) is 0. The van der Waals surface area contributed by atoms with Crippen molar-refractivity contribution in [2.75, 3.05) is 19.8 Å². The van der Waals surface area contributed by atoms with Gasteiger partial charge in [-0.3, -0.25) is 4.79 Å². The summed E-state index contributed by atoms with van der Waals surface area (Å²) in [6, 6.07) is 0. The summed E-state index contributed by atoms with van der Waals surface area (Å²) < 4.78 is 0. The zero-order valence-corrected chi connectivity index (χ0v) is 7.39. The standard InChI is InChI=1S/C9H14O4/c10-6-3-1-2-4-8-12-13-9-5-7-11/h1-4,6,11H,5,7-9H2/b3-1+,4-2+. The van der Waals surface area contributed by atoms with Gasteiger partial charge in [-0.05, 0) is 12.5 Å². The highest BCUT2D eigenvalue weighted by Crippen LogP contribution is 1.84. The van der Waals surface area contributed by atoms with Crippen LogP contribution in [0.4, 0.5) is 0 Å². The molecular formula is C9H14O4. The molecule has 0 aromatic carbocycles. The average molecular weight is 186 g/mol. The summed E-state index contributed by atoms with van der Waals surface area (Å²) >= 11 is 0. The number of hydrogen-bond acceptors (Lipinski definition) is 4. The van der Waals surface area contributed by atoms with Crippen molar-refractivity contribution >= 4 is 6.29 Å². The number of allylic oxidation sites excluding steroid dienone is 3. The van der Waals surface area contributed by atoms with Crippen LogP contribution in [0.1, 0.15) is 6.42 Å². The van der Waals surface area contributed by atoms with Crippen LogP contribution < -0.4 is 0 Å². The number of rotatable bonds is 8. The normalized spacial score (nSPS) is 11.5. The van der Waals surface area contributed by atoms with Crippen molar-refractivity contribution in [2.45, 2.75) is 6.42 Å². The topological polar surface area (TPSA) is 55.8 Å². The first-order valence-corrected chi connectivity index (χ1v) is 4.04. The van der Waals surface area contributed by atoms with Gasteiger partial charge in [-0.2, -0.15) is 0 Å². The van der Waals surface area contributed by atoms with Crippen molar-refractivity contribution in [3.8, 4) is 0 Å². The van der Waals surface area contributed by atoms with Gasteiger partial charge in [0, 0.05) is 6.61 Å². The molecule has 0 heterocycles. The van der Waals surface area contributed by atoms with Crippen molar-refractivity contribution in [1.29, 1.82) is 0 Å². The Balaban J connectivity index is 3.10. The molecule has 0 aromatic rings. The van der Waals surface area contributed by atoms with E-state index >= 15 is 0 Å². The lowest BCUT2D eigenvalue weighted by Gasteiger charge is -1.98. The second-order valence-corrected chi connectivity index (χ2v) is 2.13. The van der Waals surface area contributed by atoms with E-state index in [4.69, 9.17) is 9.99 Å². The lowest BCUT2D eigenvalue weighted by Crippen LogP contribution is -1.98. The van der Waals surface area contributed by atoms with Crippen LogP contribution in [0.25, 0.3) is 0 Å². The molecule has 0 aromatic heterocycles. The minimum absolute atomic E-state index is 0.0985. The Hall–Kier alpha value is -0.970. The van der Waals surface area contributed by atoms with Crippen LogP contribution in [0.3, 0.4) is 0 Å². The Morgan fingerprint density at radius 1 is 1.15 bits per heavy atom. The summed E-state index contributed by atoms with van der Waals surface area (Å²) in [5.74, 6) is 0. The fourth-order valence-electron chi connectivity index (χ4n) is 0.513. The van der Waals surface area contributed by atoms with E-state index in [1.165, 1.54) is 6.08 Å². The van der Waals surface area contributed by atoms with E-state index < -0.39 is 0 Å². The number of aliphatic hydroxyl groups excluding tert-OH is 1. The average Bonchev–Trinajstić information content (AvgIpc) is 2.16. The van der Waals surface area contributed by atoms with Crippen LogP contribution in [0, 0.1) is 0 Å². The molecule has 0 radical (unpaired) electrons. The van der Waals surface area contributed by atoms with E-state index in [0.29, 0.717) is 25.9 Å². The van der Waals surface area contributed by atoms with Gasteiger partial charge in [0.1, 0.15) is 12.9 Å². The SMILES string of the molecule is O=C/C=C/C=C/COOCCCO. The van der Waals surface area contributed by atoms with Crippen molar-refractivity contribution < 1.29 is 19.7 Å². The van der Waals surface area contributed by atoms with Crippen LogP contribution in [0.15, 0.2) is 24.3 Å². The van der Waals surface area contributed by atoms with Gasteiger partial charge in [0.2, 0.25) is 0 Å². The third-order valence-corrected chi connectivity index (χ3v) is 1.07. The summed E-state index contributed by atoms with van der Waals surface area (Å²) in [6.45, 7) is 0.810. The Kier molecular flexibility index (Phi) is 10.2. The first kappa shape index (κ1) is 12.0. The third kappa shape index (κ3) is 11.0. The van der Waals surface area contributed by atoms with Gasteiger partial charge in [0.15, 0.2) is 0 Å². The Bertz CT molecular complexity index is 163. The van der Waals surface area contributed by atoms with Gasteiger partial charge in [-0.15, -0.1) is 0 Å². The van der Waals surface area contributed by atoms with E-state index in [9.17, 15) is 4.79 Å². The smallest absolute Gasteiger partial charge is 0.142 e. The van der Waals surface area contributed by atoms with E-state index in [1.54, 1.807) is 18.2 Å². The highest BCUT2D eigenvalue weighted by molar-refractivity contribution is 5.65. The number of aldehydes is 1. The summed E-state index contributed by atoms with van der Waals surface area (Å²) in [4.78, 5) is 19.2. The van der Waals surface area contributed by atoms with Crippen LogP contribution in [0.5, 0.6) is 0 Å². The molecule has 0 rings (SSSR count). The van der Waals surface area contributed by atoms with Crippen LogP contribution >= 0.6 is 0 Å². The maximum absolute atomic E-state index is 9.81. The molecule has 0 aliphatic carbocycles. The van der Waals surface area contributed by atoms with Crippen LogP contribution in [-0.4, -0.2) is 31.2 Å². The molecule has 0 amide bonds. The quantitative estimate of drug-likeness (QED) is 0.151. The highest BCUT2D eigenvalue weighted by atomic mass is 17.2. The fourth-order valence-corrected chi connectivity index (χ4v) is 0.513. The largest absolute Gasteiger partial charge is 0.396 e. The molecule has 0 saturated heterocycles. The molecule has 0 unspecified atom stereocenters. The monoisotopic (exact) mass is 186 g/mol. The number of carbonyl (C=O) groups excluding carboxylic acids is 1. The molecule has 1 N–H and O–H groups in total. The molecule has 4 heteroatoms. The second kappa shape index (κ2) is 11.0. The molecule has 0 spiro atoms. The molecule has 0 fully saturated rings. The predicted octanol–water partition coefficient (Wildman–Crippen LogP) is 0.628. The first-order valence-electron chi connectivity index (χ1n) is 4.04. The maximum Gasteiger partial charge on any atom is 0.142 e. The summed E-state index contributed by atoms with van der Waals surface area (Å²) in [5, 5.41) is 8.37. The van der Waals surface area contributed by atoms with E-state index in [1.807, 2.05) is 0 Å². The Morgan fingerprint density at radius 2 is 2.00 bits per heavy atom. The van der Waals surface area contributed by atoms with E-state index in [2.05, 4.69) is 4.89 Å². The molecular weight excluding hydrogens is 172 g/mol. The minimum Gasteiger partial charge on any atom is -0.396 e. The van der Waals surface area contributed by atoms with Crippen molar-refractivity contribution in [3.05, 3.63) is 24.3 Å². The van der Waals surface area contributed by atoms with E-state index in [0.717, 1.165) is 0 Å². The predicted molar refractivity (Wildman–Crippen MR) is 48.0 cm³/mol. The van der Waals surface area contributed by atoms with Crippen LogP contribution in [-0.2, 0) is 14.6 Å². The number of hydrogen-bond donors (Lipinski definition) is 1. The van der Waals surface area contributed by atoms with Gasteiger partial charge >= 0.3 is 0 Å². The molecule has 0 aliphatic rings. The Labute approximate surface area is 77.4 Å². The molecule has 74 valence electrons. The molecule has 4 nitrogen and oxygen atoms in total. The second-order valence-electron chi connectivity index (χ2n) is 2.13. The highest BCUT2D eigenvalue weighted by Gasteiger charge is 1.84. The van der Waals surface area contributed by atoms with Crippen molar-refractivity contribution in [3.63, 3.8) is 0 Å². The fraction of sp³-hybridized carbons (Fsp3) is 0.444. The first-order chi connectivity index (χ1) is 6.41. The molecule has 0 saturated carbocycles. The summed E-state index contributed by atoms with van der Waals surface area (Å²) in [6.07, 6.45) is 7.63. The molecule has 0 bridgehead atoms. The van der Waals surface area contributed by atoms with Gasteiger partial charge in [-0.25, -0.2) is 9.78 Å². The van der Waals surface area contributed by atoms with E-state index in [-0.39, 0.29) is 6.61 Å². The maximum atomic E-state index is 9.81. The lowest BCUT2D eigenvalue weighted by atomic mass is 10.4. The van der Waals surface area contributed by atoms with Gasteiger partial charge in [-0.1, -0.05) is 18.2 Å². The lowest BCUT2D eigenvalue weighted by molar-refractivity contribution is -0.287. The van der Waals surface area contributed by atoms with Gasteiger partial charge in [0.05, 0.1) is 6.61 Å². The summed E-state index contributed by atoms with van der Waals surface area (Å²) in [5.41, 5.74) is 0. The van der Waals surface area contributed by atoms with Crippen LogP contribution in [0.2, 0.25) is 0 Å². The Morgan fingerprint density at radius 3 is 2.69 bits per heavy atom. The van der Waals surface area contributed by atoms with Gasteiger partial charge < -0.3 is 5.11 Å². The van der Waals surface area contributed by atoms with Crippen molar-refractivity contribution in [1.82, 2.24) is 0 Å². The zero-order chi connectivity index (χ0) is 9.78. The van der Waals surface area contributed by atoms with Crippen molar-refractivity contribution in [2.24, 2.45) is 0 Å².